The van der Waals surface area contributed by atoms with E-state index in [-0.39, 0.29) is 18.0 Å². The lowest BCUT2D eigenvalue weighted by Gasteiger charge is -2.29. The Morgan fingerprint density at radius 2 is 2.12 bits per heavy atom. The number of hydrogen-bond acceptors (Lipinski definition) is 5. The first kappa shape index (κ1) is 17.6. The molecule has 1 aliphatic heterocycles. The molecule has 0 aliphatic carbocycles. The molecule has 0 saturated carbocycles. The van der Waals surface area contributed by atoms with E-state index in [4.69, 9.17) is 4.74 Å². The van der Waals surface area contributed by atoms with Crippen molar-refractivity contribution in [3.63, 3.8) is 0 Å². The van der Waals surface area contributed by atoms with Crippen molar-refractivity contribution in [1.29, 1.82) is 0 Å². The Kier molecular flexibility index (Phi) is 5.45. The Morgan fingerprint density at radius 1 is 1.36 bits per heavy atom. The minimum absolute atomic E-state index is 0.0942. The maximum Gasteiger partial charge on any atom is 0.267 e. The van der Waals surface area contributed by atoms with Crippen LogP contribution in [-0.4, -0.2) is 45.6 Å². The van der Waals surface area contributed by atoms with Gasteiger partial charge >= 0.3 is 0 Å². The molecule has 1 atom stereocenters. The summed E-state index contributed by atoms with van der Waals surface area (Å²) >= 11 is 0. The predicted molar refractivity (Wildman–Crippen MR) is 91.1 cm³/mol. The molecule has 25 heavy (non-hydrogen) atoms. The third-order valence-electron chi connectivity index (χ3n) is 4.25. The van der Waals surface area contributed by atoms with Gasteiger partial charge in [-0.05, 0) is 36.8 Å². The number of aliphatic hydroxyl groups excluding tert-OH is 1. The fourth-order valence-electron chi connectivity index (χ4n) is 2.95. The van der Waals surface area contributed by atoms with Crippen LogP contribution < -0.4 is 10.3 Å². The van der Waals surface area contributed by atoms with E-state index >= 15 is 0 Å². The fourth-order valence-corrected chi connectivity index (χ4v) is 2.95. The lowest BCUT2D eigenvalue weighted by atomic mass is 10.1. The van der Waals surface area contributed by atoms with E-state index in [0.717, 1.165) is 24.2 Å². The van der Waals surface area contributed by atoms with Crippen LogP contribution >= 0.6 is 0 Å². The number of nitrogens with zero attached hydrogens (tertiary/aromatic N) is 3. The highest BCUT2D eigenvalue weighted by atomic mass is 19.1. The summed E-state index contributed by atoms with van der Waals surface area (Å²) in [5.41, 5.74) is 1.78. The van der Waals surface area contributed by atoms with E-state index in [9.17, 15) is 14.3 Å². The Morgan fingerprint density at radius 3 is 2.84 bits per heavy atom. The molecule has 3 rings (SSSR count). The molecular weight excluding hydrogens is 325 g/mol. The molecule has 0 saturated heterocycles. The number of hydrogen-bond donors (Lipinski definition) is 1. The standard InChI is InChI=1S/C18H22FN3O3/c1-2-22-18(24)9-13-10-21(8-7-17(13)20-22)11-15(23)12-25-16-5-3-14(19)4-6-16/h3-6,9,15,23H,2,7-8,10-12H2,1H3/t15-/m0/s1. The van der Waals surface area contributed by atoms with Gasteiger partial charge in [-0.1, -0.05) is 0 Å². The van der Waals surface area contributed by atoms with E-state index < -0.39 is 6.10 Å². The number of β-amino-alcohol motifs (C(OH)–C–C–N with tert-alkyl or cyclic N) is 1. The molecule has 134 valence electrons. The molecule has 1 aromatic carbocycles. The van der Waals surface area contributed by atoms with Gasteiger partial charge in [0.2, 0.25) is 0 Å². The van der Waals surface area contributed by atoms with Crippen molar-refractivity contribution >= 4 is 0 Å². The first-order valence-electron chi connectivity index (χ1n) is 8.44. The second kappa shape index (κ2) is 7.76. The molecule has 1 aromatic heterocycles. The molecule has 2 heterocycles. The van der Waals surface area contributed by atoms with Crippen LogP contribution in [0.2, 0.25) is 0 Å². The molecule has 1 N–H and O–H groups in total. The highest BCUT2D eigenvalue weighted by Gasteiger charge is 2.21. The smallest absolute Gasteiger partial charge is 0.267 e. The Bertz CT molecular complexity index is 776. The van der Waals surface area contributed by atoms with Gasteiger partial charge in [-0.15, -0.1) is 0 Å². The number of halogens is 1. The summed E-state index contributed by atoms with van der Waals surface area (Å²) in [6.45, 7) is 4.40. The quantitative estimate of drug-likeness (QED) is 0.851. The van der Waals surface area contributed by atoms with Gasteiger partial charge in [0.05, 0.1) is 5.69 Å². The topological polar surface area (TPSA) is 67.6 Å². The zero-order valence-electron chi connectivity index (χ0n) is 14.2. The van der Waals surface area contributed by atoms with Crippen molar-refractivity contribution in [2.45, 2.75) is 32.5 Å². The summed E-state index contributed by atoms with van der Waals surface area (Å²) in [7, 11) is 0. The summed E-state index contributed by atoms with van der Waals surface area (Å²) in [6.07, 6.45) is 0.0804. The molecule has 0 unspecified atom stereocenters. The van der Waals surface area contributed by atoms with Crippen LogP contribution in [0.1, 0.15) is 18.2 Å². The maximum atomic E-state index is 12.9. The average molecular weight is 347 g/mol. The number of ether oxygens (including phenoxy) is 1. The maximum absolute atomic E-state index is 12.9. The highest BCUT2D eigenvalue weighted by molar-refractivity contribution is 5.22. The molecule has 0 spiro atoms. The lowest BCUT2D eigenvalue weighted by Crippen LogP contribution is -2.40. The van der Waals surface area contributed by atoms with Crippen molar-refractivity contribution in [1.82, 2.24) is 14.7 Å². The Hall–Kier alpha value is -2.25. The highest BCUT2D eigenvalue weighted by Crippen LogP contribution is 2.16. The molecule has 0 bridgehead atoms. The van der Waals surface area contributed by atoms with Crippen LogP contribution in [0.3, 0.4) is 0 Å². The largest absolute Gasteiger partial charge is 0.491 e. The minimum atomic E-state index is -0.671. The van der Waals surface area contributed by atoms with Crippen LogP contribution in [0.25, 0.3) is 0 Å². The van der Waals surface area contributed by atoms with E-state index in [1.54, 1.807) is 6.07 Å². The Balaban J connectivity index is 1.54. The third kappa shape index (κ3) is 4.43. The van der Waals surface area contributed by atoms with Gasteiger partial charge in [0.25, 0.3) is 5.56 Å². The van der Waals surface area contributed by atoms with Crippen molar-refractivity contribution < 1.29 is 14.2 Å². The molecule has 0 fully saturated rings. The number of aromatic nitrogens is 2. The molecule has 2 aromatic rings. The number of aliphatic hydroxyl groups is 1. The van der Waals surface area contributed by atoms with Crippen LogP contribution in [0.15, 0.2) is 35.1 Å². The summed E-state index contributed by atoms with van der Waals surface area (Å²) in [5.74, 6) is 0.199. The van der Waals surface area contributed by atoms with Gasteiger partial charge < -0.3 is 9.84 Å². The minimum Gasteiger partial charge on any atom is -0.491 e. The van der Waals surface area contributed by atoms with Crippen LogP contribution in [0.4, 0.5) is 4.39 Å². The van der Waals surface area contributed by atoms with Gasteiger partial charge in [0.1, 0.15) is 24.3 Å². The van der Waals surface area contributed by atoms with Crippen LogP contribution in [0.5, 0.6) is 5.75 Å². The van der Waals surface area contributed by atoms with Gasteiger partial charge in [0, 0.05) is 38.7 Å². The summed E-state index contributed by atoms with van der Waals surface area (Å²) in [5, 5.41) is 14.6. The summed E-state index contributed by atoms with van der Waals surface area (Å²) in [4.78, 5) is 14.0. The van der Waals surface area contributed by atoms with E-state index in [1.165, 1.54) is 28.9 Å². The lowest BCUT2D eigenvalue weighted by molar-refractivity contribution is 0.0633. The molecule has 1 aliphatic rings. The number of fused-ring (bicyclic) bond motifs is 1. The zero-order valence-corrected chi connectivity index (χ0v) is 14.2. The van der Waals surface area contributed by atoms with Crippen molar-refractivity contribution in [2.24, 2.45) is 0 Å². The summed E-state index contributed by atoms with van der Waals surface area (Å²) in [6, 6.07) is 7.34. The first-order chi connectivity index (χ1) is 12.0. The van der Waals surface area contributed by atoms with Crippen LogP contribution in [0, 0.1) is 5.82 Å². The van der Waals surface area contributed by atoms with Gasteiger partial charge in [-0.25, -0.2) is 9.07 Å². The average Bonchev–Trinajstić information content (AvgIpc) is 2.60. The molecule has 0 radical (unpaired) electrons. The normalized spacial score (nSPS) is 15.6. The predicted octanol–water partition coefficient (Wildman–Crippen LogP) is 1.20. The van der Waals surface area contributed by atoms with E-state index in [2.05, 4.69) is 10.00 Å². The monoisotopic (exact) mass is 347 g/mol. The number of benzene rings is 1. The van der Waals surface area contributed by atoms with E-state index in [1.807, 2.05) is 6.92 Å². The number of rotatable bonds is 6. The fraction of sp³-hybridized carbons (Fsp3) is 0.444. The molecular formula is C18H22FN3O3. The van der Waals surface area contributed by atoms with Crippen LogP contribution in [-0.2, 0) is 19.5 Å². The third-order valence-corrected chi connectivity index (χ3v) is 4.25. The van der Waals surface area contributed by atoms with Gasteiger partial charge in [0.15, 0.2) is 0 Å². The molecule has 7 heteroatoms. The zero-order chi connectivity index (χ0) is 17.8. The van der Waals surface area contributed by atoms with E-state index in [0.29, 0.717) is 25.4 Å². The SMILES string of the molecule is CCn1nc2c(cc1=O)CN(C[C@H](O)COc1ccc(F)cc1)CC2. The second-order valence-electron chi connectivity index (χ2n) is 6.17. The van der Waals surface area contributed by atoms with Crippen molar-refractivity contribution in [3.05, 3.63) is 57.8 Å². The Labute approximate surface area is 145 Å². The van der Waals surface area contributed by atoms with Crippen molar-refractivity contribution in [3.8, 4) is 5.75 Å². The second-order valence-corrected chi connectivity index (χ2v) is 6.17. The summed E-state index contributed by atoms with van der Waals surface area (Å²) < 4.78 is 19.8. The number of aryl methyl sites for hydroxylation is 1. The van der Waals surface area contributed by atoms with Gasteiger partial charge in [-0.3, -0.25) is 9.69 Å². The molecule has 0 amide bonds. The van der Waals surface area contributed by atoms with Gasteiger partial charge in [-0.2, -0.15) is 5.10 Å². The molecule has 6 nitrogen and oxygen atoms in total. The van der Waals surface area contributed by atoms with Crippen molar-refractivity contribution in [2.75, 3.05) is 19.7 Å². The first-order valence-corrected chi connectivity index (χ1v) is 8.44.